The van der Waals surface area contributed by atoms with E-state index in [9.17, 15) is 4.79 Å². The number of carbonyl (C=O) groups excluding carboxylic acids is 1. The Balaban J connectivity index is 1.38. The predicted octanol–water partition coefficient (Wildman–Crippen LogP) is 4.11. The number of rotatable bonds is 2. The maximum Gasteiger partial charge on any atom is 0.254 e. The van der Waals surface area contributed by atoms with Crippen molar-refractivity contribution < 1.29 is 14.3 Å². The van der Waals surface area contributed by atoms with Gasteiger partial charge >= 0.3 is 0 Å². The molecule has 5 rings (SSSR count). The molecule has 2 bridgehead atoms. The van der Waals surface area contributed by atoms with Gasteiger partial charge in [-0.2, -0.15) is 5.10 Å². The van der Waals surface area contributed by atoms with Crippen LogP contribution in [0.25, 0.3) is 11.4 Å². The summed E-state index contributed by atoms with van der Waals surface area (Å²) >= 11 is 0. The van der Waals surface area contributed by atoms with Crippen molar-refractivity contribution in [1.82, 2.24) is 20.1 Å². The number of hydrogen-bond donors (Lipinski definition) is 1. The van der Waals surface area contributed by atoms with Crippen LogP contribution in [0.1, 0.15) is 27.0 Å². The molecular formula is C27H26N4O3. The minimum absolute atomic E-state index is 0.0354. The highest BCUT2D eigenvalue weighted by Crippen LogP contribution is 2.23. The van der Waals surface area contributed by atoms with Gasteiger partial charge in [-0.05, 0) is 34.9 Å². The van der Waals surface area contributed by atoms with Gasteiger partial charge in [-0.25, -0.2) is 4.98 Å². The van der Waals surface area contributed by atoms with Gasteiger partial charge in [0.05, 0.1) is 13.2 Å². The molecule has 0 radical (unpaired) electrons. The average Bonchev–Trinajstić information content (AvgIpc) is 3.41. The second kappa shape index (κ2) is 10.3. The lowest BCUT2D eigenvalue weighted by atomic mass is 10.0. The fourth-order valence-corrected chi connectivity index (χ4v) is 4.11. The Morgan fingerprint density at radius 1 is 0.912 bits per heavy atom. The molecule has 1 N–H and O–H groups in total. The molecular weight excluding hydrogens is 428 g/mol. The van der Waals surface area contributed by atoms with Crippen molar-refractivity contribution in [2.75, 3.05) is 26.4 Å². The molecule has 0 saturated carbocycles. The summed E-state index contributed by atoms with van der Waals surface area (Å²) in [6.07, 6.45) is 2.23. The SMILES string of the molecule is O=C(c1ccc(-c2ncn[nH]2)cc1)N1CCOCCOc2ccccc2Cc2cccc(c2)C1. The van der Waals surface area contributed by atoms with E-state index >= 15 is 0 Å². The molecule has 7 nitrogen and oxygen atoms in total. The van der Waals surface area contributed by atoms with E-state index < -0.39 is 0 Å². The first-order valence-electron chi connectivity index (χ1n) is 11.4. The number of benzene rings is 3. The lowest BCUT2D eigenvalue weighted by Gasteiger charge is -2.24. The van der Waals surface area contributed by atoms with Crippen LogP contribution < -0.4 is 4.74 Å². The minimum atomic E-state index is -0.0354. The highest BCUT2D eigenvalue weighted by atomic mass is 16.5. The molecule has 0 atom stereocenters. The Morgan fingerprint density at radius 2 is 1.76 bits per heavy atom. The quantitative estimate of drug-likeness (QED) is 0.493. The molecule has 1 aliphatic rings. The monoisotopic (exact) mass is 454 g/mol. The van der Waals surface area contributed by atoms with Gasteiger partial charge in [0.1, 0.15) is 18.7 Å². The molecule has 172 valence electrons. The first-order chi connectivity index (χ1) is 16.8. The topological polar surface area (TPSA) is 80.3 Å². The van der Waals surface area contributed by atoms with Crippen LogP contribution in [-0.2, 0) is 17.7 Å². The minimum Gasteiger partial charge on any atom is -0.491 e. The second-order valence-electron chi connectivity index (χ2n) is 8.20. The third-order valence-electron chi connectivity index (χ3n) is 5.83. The van der Waals surface area contributed by atoms with Crippen LogP contribution in [-0.4, -0.2) is 52.4 Å². The number of aromatic nitrogens is 3. The summed E-state index contributed by atoms with van der Waals surface area (Å²) in [5.41, 5.74) is 4.91. The number of hydrogen-bond acceptors (Lipinski definition) is 5. The van der Waals surface area contributed by atoms with Crippen LogP contribution in [0.4, 0.5) is 0 Å². The van der Waals surface area contributed by atoms with Crippen molar-refractivity contribution in [2.24, 2.45) is 0 Å². The van der Waals surface area contributed by atoms with Crippen molar-refractivity contribution in [3.63, 3.8) is 0 Å². The number of fused-ring (bicyclic) bond motifs is 3. The summed E-state index contributed by atoms with van der Waals surface area (Å²) in [6, 6.07) is 23.9. The molecule has 3 aromatic carbocycles. The summed E-state index contributed by atoms with van der Waals surface area (Å²) in [5.74, 6) is 1.53. The Hall–Kier alpha value is -3.97. The maximum atomic E-state index is 13.4. The van der Waals surface area contributed by atoms with E-state index in [1.54, 1.807) is 0 Å². The van der Waals surface area contributed by atoms with Gasteiger partial charge in [-0.15, -0.1) is 0 Å². The average molecular weight is 455 g/mol. The van der Waals surface area contributed by atoms with Gasteiger partial charge in [-0.1, -0.05) is 54.6 Å². The first-order valence-corrected chi connectivity index (χ1v) is 11.4. The lowest BCUT2D eigenvalue weighted by Crippen LogP contribution is -2.34. The predicted molar refractivity (Wildman–Crippen MR) is 129 cm³/mol. The zero-order valence-electron chi connectivity index (χ0n) is 18.8. The number of amides is 1. The largest absolute Gasteiger partial charge is 0.491 e. The highest BCUT2D eigenvalue weighted by molar-refractivity contribution is 5.94. The van der Waals surface area contributed by atoms with Crippen LogP contribution in [0.2, 0.25) is 0 Å². The zero-order valence-corrected chi connectivity index (χ0v) is 18.8. The Kier molecular flexibility index (Phi) is 6.63. The Morgan fingerprint density at radius 3 is 2.62 bits per heavy atom. The van der Waals surface area contributed by atoms with Gasteiger partial charge in [0.2, 0.25) is 0 Å². The van der Waals surface area contributed by atoms with E-state index in [1.165, 1.54) is 11.9 Å². The van der Waals surface area contributed by atoms with Crippen molar-refractivity contribution >= 4 is 5.91 Å². The van der Waals surface area contributed by atoms with Crippen LogP contribution in [0.3, 0.4) is 0 Å². The van der Waals surface area contributed by atoms with E-state index in [0.29, 0.717) is 44.3 Å². The van der Waals surface area contributed by atoms with Crippen LogP contribution >= 0.6 is 0 Å². The number of carbonyl (C=O) groups is 1. The molecule has 34 heavy (non-hydrogen) atoms. The molecule has 0 aliphatic carbocycles. The van der Waals surface area contributed by atoms with Crippen LogP contribution in [0.15, 0.2) is 79.1 Å². The second-order valence-corrected chi connectivity index (χ2v) is 8.20. The number of aromatic amines is 1. The Labute approximate surface area is 198 Å². The highest BCUT2D eigenvalue weighted by Gasteiger charge is 2.17. The van der Waals surface area contributed by atoms with Gasteiger partial charge in [-0.3, -0.25) is 9.89 Å². The third kappa shape index (κ3) is 5.15. The molecule has 0 saturated heterocycles. The fraction of sp³-hybridized carbons (Fsp3) is 0.222. The van der Waals surface area contributed by atoms with Gasteiger partial charge in [0.25, 0.3) is 5.91 Å². The summed E-state index contributed by atoms with van der Waals surface area (Å²) in [5, 5.41) is 6.72. The van der Waals surface area contributed by atoms with E-state index in [1.807, 2.05) is 53.4 Å². The van der Waals surface area contributed by atoms with Crippen molar-refractivity contribution in [3.8, 4) is 17.1 Å². The third-order valence-corrected chi connectivity index (χ3v) is 5.83. The smallest absolute Gasteiger partial charge is 0.254 e. The summed E-state index contributed by atoms with van der Waals surface area (Å²) in [4.78, 5) is 19.4. The van der Waals surface area contributed by atoms with Gasteiger partial charge in [0, 0.05) is 30.6 Å². The summed E-state index contributed by atoms with van der Waals surface area (Å²) in [6.45, 7) is 2.37. The maximum absolute atomic E-state index is 13.4. The van der Waals surface area contributed by atoms with E-state index in [-0.39, 0.29) is 5.91 Å². The molecule has 4 aromatic rings. The number of para-hydroxylation sites is 1. The number of H-pyrrole nitrogens is 1. The molecule has 1 amide bonds. The molecule has 1 aliphatic heterocycles. The van der Waals surface area contributed by atoms with E-state index in [4.69, 9.17) is 9.47 Å². The van der Waals surface area contributed by atoms with E-state index in [2.05, 4.69) is 39.4 Å². The summed E-state index contributed by atoms with van der Waals surface area (Å²) in [7, 11) is 0. The van der Waals surface area contributed by atoms with Crippen molar-refractivity contribution in [2.45, 2.75) is 13.0 Å². The number of nitrogens with zero attached hydrogens (tertiary/aromatic N) is 3. The molecule has 2 heterocycles. The molecule has 1 aromatic heterocycles. The lowest BCUT2D eigenvalue weighted by molar-refractivity contribution is 0.0571. The Bertz CT molecular complexity index is 1240. The van der Waals surface area contributed by atoms with Crippen molar-refractivity contribution in [1.29, 1.82) is 0 Å². The van der Waals surface area contributed by atoms with Gasteiger partial charge in [0.15, 0.2) is 5.82 Å². The molecule has 0 spiro atoms. The first kappa shape index (κ1) is 21.9. The molecule has 0 unspecified atom stereocenters. The number of ether oxygens (including phenoxy) is 2. The standard InChI is InChI=1S/C27H26N4O3/c32-27(23-10-8-22(9-11-23)26-28-19-29-30-26)31-12-13-33-14-15-34-25-7-2-1-6-24(25)17-20-4-3-5-21(16-20)18-31/h1-11,16,19H,12-15,17-18H2,(H,28,29,30). The zero-order chi connectivity index (χ0) is 23.2. The normalized spacial score (nSPS) is 14.5. The number of nitrogens with one attached hydrogen (secondary N) is 1. The van der Waals surface area contributed by atoms with Crippen LogP contribution in [0, 0.1) is 0 Å². The van der Waals surface area contributed by atoms with Gasteiger partial charge < -0.3 is 14.4 Å². The van der Waals surface area contributed by atoms with Crippen molar-refractivity contribution in [3.05, 3.63) is 101 Å². The fourth-order valence-electron chi connectivity index (χ4n) is 4.11. The molecule has 0 fully saturated rings. The molecule has 7 heteroatoms. The summed E-state index contributed by atoms with van der Waals surface area (Å²) < 4.78 is 11.8. The van der Waals surface area contributed by atoms with E-state index in [0.717, 1.165) is 28.9 Å². The van der Waals surface area contributed by atoms with Crippen LogP contribution in [0.5, 0.6) is 5.75 Å².